The highest BCUT2D eigenvalue weighted by molar-refractivity contribution is 5.85. The number of hydrogen-bond acceptors (Lipinski definition) is 2. The van der Waals surface area contributed by atoms with Crippen LogP contribution in [0.4, 0.5) is 4.39 Å². The number of fused-ring (bicyclic) bond motifs is 6. The van der Waals surface area contributed by atoms with Crippen molar-refractivity contribution in [3.05, 3.63) is 48.8 Å². The number of aromatic nitrogens is 4. The number of benzene rings is 1. The van der Waals surface area contributed by atoms with Crippen molar-refractivity contribution in [2.24, 2.45) is 0 Å². The zero-order valence-corrected chi connectivity index (χ0v) is 8.71. The van der Waals surface area contributed by atoms with Crippen LogP contribution in [-0.4, -0.2) is 18.8 Å². The predicted octanol–water partition coefficient (Wildman–Crippen LogP) is 2.27. The zero-order chi connectivity index (χ0) is 11.4. The van der Waals surface area contributed by atoms with Gasteiger partial charge in [-0.25, -0.2) is 14.4 Å². The lowest BCUT2D eigenvalue weighted by atomic mass is 10.3. The third kappa shape index (κ3) is 1.00. The van der Waals surface area contributed by atoms with Crippen molar-refractivity contribution in [1.29, 1.82) is 0 Å². The van der Waals surface area contributed by atoms with Crippen LogP contribution in [0.5, 0.6) is 0 Å². The molecule has 0 radical (unpaired) electrons. The summed E-state index contributed by atoms with van der Waals surface area (Å²) in [5.41, 5.74) is 3.19. The van der Waals surface area contributed by atoms with Crippen molar-refractivity contribution >= 4 is 22.3 Å². The Morgan fingerprint density at radius 2 is 1.53 bits per heavy atom. The summed E-state index contributed by atoms with van der Waals surface area (Å²) in [6.07, 6.45) is 7.07. The molecule has 82 valence electrons. The number of hydrogen-bond donors (Lipinski definition) is 0. The molecule has 1 aromatic carbocycles. The topological polar surface area (TPSA) is 34.6 Å². The molecule has 3 heterocycles. The summed E-state index contributed by atoms with van der Waals surface area (Å²) in [7, 11) is 0. The SMILES string of the molecule is Fc1ccc2c(c1)n1ccnc1c1nccn21. The maximum atomic E-state index is 13.3. The van der Waals surface area contributed by atoms with E-state index in [1.54, 1.807) is 18.5 Å². The molecule has 0 saturated carbocycles. The first-order valence-electron chi connectivity index (χ1n) is 5.22. The molecule has 0 bridgehead atoms. The van der Waals surface area contributed by atoms with Gasteiger partial charge in [0.15, 0.2) is 11.3 Å². The van der Waals surface area contributed by atoms with Gasteiger partial charge in [0.1, 0.15) is 5.82 Å². The quantitative estimate of drug-likeness (QED) is 0.461. The minimum Gasteiger partial charge on any atom is -0.295 e. The molecule has 4 aromatic rings. The van der Waals surface area contributed by atoms with Gasteiger partial charge < -0.3 is 0 Å². The average Bonchev–Trinajstić information content (AvgIpc) is 2.97. The van der Waals surface area contributed by atoms with Crippen molar-refractivity contribution in [1.82, 2.24) is 18.8 Å². The number of halogens is 1. The molecule has 4 rings (SSSR count). The van der Waals surface area contributed by atoms with E-state index in [-0.39, 0.29) is 5.82 Å². The largest absolute Gasteiger partial charge is 0.295 e. The van der Waals surface area contributed by atoms with Crippen LogP contribution >= 0.6 is 0 Å². The van der Waals surface area contributed by atoms with Gasteiger partial charge in [-0.15, -0.1) is 0 Å². The van der Waals surface area contributed by atoms with E-state index in [1.807, 2.05) is 21.2 Å². The van der Waals surface area contributed by atoms with Gasteiger partial charge in [0, 0.05) is 30.9 Å². The summed E-state index contributed by atoms with van der Waals surface area (Å²) in [5, 5.41) is 0. The second-order valence-electron chi connectivity index (χ2n) is 3.87. The van der Waals surface area contributed by atoms with E-state index in [2.05, 4.69) is 9.97 Å². The summed E-state index contributed by atoms with van der Waals surface area (Å²) >= 11 is 0. The molecule has 0 aliphatic heterocycles. The van der Waals surface area contributed by atoms with Gasteiger partial charge in [-0.05, 0) is 12.1 Å². The Morgan fingerprint density at radius 1 is 0.882 bits per heavy atom. The van der Waals surface area contributed by atoms with E-state index in [9.17, 15) is 4.39 Å². The van der Waals surface area contributed by atoms with E-state index in [4.69, 9.17) is 0 Å². The first-order valence-corrected chi connectivity index (χ1v) is 5.22. The molecular weight excluding hydrogens is 219 g/mol. The predicted molar refractivity (Wildman–Crippen MR) is 61.4 cm³/mol. The molecule has 0 amide bonds. The van der Waals surface area contributed by atoms with Gasteiger partial charge in [0.2, 0.25) is 0 Å². The standard InChI is InChI=1S/C12H7FN4/c13-8-1-2-9-10(7-8)17-6-4-15-12(17)11-14-3-5-16(9)11/h1-7H. The van der Waals surface area contributed by atoms with Crippen LogP contribution in [0.25, 0.3) is 22.3 Å². The molecule has 0 atom stereocenters. The van der Waals surface area contributed by atoms with Crippen LogP contribution in [0.3, 0.4) is 0 Å². The summed E-state index contributed by atoms with van der Waals surface area (Å²) in [5.74, 6) is -0.257. The molecule has 0 fully saturated rings. The Bertz CT molecular complexity index is 859. The third-order valence-corrected chi connectivity index (χ3v) is 2.94. The van der Waals surface area contributed by atoms with E-state index in [0.29, 0.717) is 0 Å². The fourth-order valence-electron chi connectivity index (χ4n) is 2.22. The smallest absolute Gasteiger partial charge is 0.181 e. The fourth-order valence-corrected chi connectivity index (χ4v) is 2.22. The van der Waals surface area contributed by atoms with Crippen molar-refractivity contribution in [2.45, 2.75) is 0 Å². The highest BCUT2D eigenvalue weighted by Crippen LogP contribution is 2.21. The van der Waals surface area contributed by atoms with Gasteiger partial charge in [0.25, 0.3) is 0 Å². The van der Waals surface area contributed by atoms with Gasteiger partial charge >= 0.3 is 0 Å². The van der Waals surface area contributed by atoms with Crippen LogP contribution in [-0.2, 0) is 0 Å². The fraction of sp³-hybridized carbons (Fsp3) is 0. The van der Waals surface area contributed by atoms with E-state index in [0.717, 1.165) is 22.3 Å². The lowest BCUT2D eigenvalue weighted by Crippen LogP contribution is -1.96. The minimum absolute atomic E-state index is 0.257. The Labute approximate surface area is 95.0 Å². The monoisotopic (exact) mass is 226 g/mol. The Morgan fingerprint density at radius 3 is 2.24 bits per heavy atom. The summed E-state index contributed by atoms with van der Waals surface area (Å²) in [6, 6.07) is 4.70. The molecule has 4 nitrogen and oxygen atoms in total. The number of imidazole rings is 2. The average molecular weight is 226 g/mol. The van der Waals surface area contributed by atoms with Crippen molar-refractivity contribution < 1.29 is 4.39 Å². The van der Waals surface area contributed by atoms with E-state index < -0.39 is 0 Å². The van der Waals surface area contributed by atoms with Crippen molar-refractivity contribution in [3.63, 3.8) is 0 Å². The van der Waals surface area contributed by atoms with Crippen molar-refractivity contribution in [3.8, 4) is 0 Å². The Kier molecular flexibility index (Phi) is 1.44. The van der Waals surface area contributed by atoms with E-state index >= 15 is 0 Å². The van der Waals surface area contributed by atoms with Crippen LogP contribution < -0.4 is 0 Å². The molecule has 0 N–H and O–H groups in total. The molecule has 5 heteroatoms. The second kappa shape index (κ2) is 2.82. The second-order valence-corrected chi connectivity index (χ2v) is 3.87. The van der Waals surface area contributed by atoms with Crippen LogP contribution in [0.15, 0.2) is 43.0 Å². The maximum absolute atomic E-state index is 13.3. The molecule has 3 aromatic heterocycles. The highest BCUT2D eigenvalue weighted by Gasteiger charge is 2.09. The molecule has 0 spiro atoms. The first-order chi connectivity index (χ1) is 8.34. The van der Waals surface area contributed by atoms with Crippen LogP contribution in [0, 0.1) is 5.82 Å². The van der Waals surface area contributed by atoms with Gasteiger partial charge in [0.05, 0.1) is 11.0 Å². The maximum Gasteiger partial charge on any atom is 0.181 e. The molecule has 0 aliphatic rings. The normalized spacial score (nSPS) is 11.8. The molecule has 17 heavy (non-hydrogen) atoms. The Hall–Kier alpha value is -2.43. The molecular formula is C12H7FN4. The summed E-state index contributed by atoms with van der Waals surface area (Å²) in [6.45, 7) is 0. The van der Waals surface area contributed by atoms with Crippen molar-refractivity contribution in [2.75, 3.05) is 0 Å². The summed E-state index contributed by atoms with van der Waals surface area (Å²) < 4.78 is 17.1. The minimum atomic E-state index is -0.257. The van der Waals surface area contributed by atoms with Crippen LogP contribution in [0.2, 0.25) is 0 Å². The third-order valence-electron chi connectivity index (χ3n) is 2.94. The highest BCUT2D eigenvalue weighted by atomic mass is 19.1. The lowest BCUT2D eigenvalue weighted by molar-refractivity contribution is 0.629. The molecule has 0 saturated heterocycles. The van der Waals surface area contributed by atoms with Gasteiger partial charge in [-0.2, -0.15) is 0 Å². The number of nitrogens with zero attached hydrogens (tertiary/aromatic N) is 4. The zero-order valence-electron chi connectivity index (χ0n) is 8.71. The lowest BCUT2D eigenvalue weighted by Gasteiger charge is -2.05. The first kappa shape index (κ1) is 8.69. The number of rotatable bonds is 0. The Balaban J connectivity index is 2.45. The van der Waals surface area contributed by atoms with Gasteiger partial charge in [-0.3, -0.25) is 8.80 Å². The van der Waals surface area contributed by atoms with E-state index in [1.165, 1.54) is 12.1 Å². The summed E-state index contributed by atoms with van der Waals surface area (Å²) in [4.78, 5) is 8.53. The molecule has 0 unspecified atom stereocenters. The van der Waals surface area contributed by atoms with Gasteiger partial charge in [-0.1, -0.05) is 0 Å². The molecule has 0 aliphatic carbocycles. The van der Waals surface area contributed by atoms with Crippen LogP contribution in [0.1, 0.15) is 0 Å².